The molecule has 3 fully saturated rings. The number of rotatable bonds is 22. The second kappa shape index (κ2) is 21.0. The first-order valence-corrected chi connectivity index (χ1v) is 23.9. The van der Waals surface area contributed by atoms with Crippen LogP contribution in [0.4, 0.5) is 9.93 Å². The average Bonchev–Trinajstić information content (AvgIpc) is 3.51. The van der Waals surface area contributed by atoms with Crippen molar-refractivity contribution in [2.75, 3.05) is 32.2 Å². The molecule has 60 heavy (non-hydrogen) atoms. The Labute approximate surface area is 357 Å². The summed E-state index contributed by atoms with van der Waals surface area (Å²) in [6.45, 7) is 8.52. The molecule has 0 spiro atoms. The first-order chi connectivity index (χ1) is 28.9. The number of pyridine rings is 1. The largest absolute Gasteiger partial charge is 0.497 e. The number of hydrogen-bond acceptors (Lipinski definition) is 13. The molecule has 0 bridgehead atoms. The molecule has 3 heterocycles. The van der Waals surface area contributed by atoms with Crippen LogP contribution in [0.3, 0.4) is 0 Å². The number of ether oxygens (including phenoxy) is 3. The SMILES string of the molecule is CCOP(=O)(OCC)[C@H]1C[C@H]1/C=C\CCCCC[C@H](NC(=O)OC1CCCC1)C(=O)N1C[C@H](Oc2cc(-c3csc(NC(C)C)n3)nc3cc(OC)ccc23)C[C@H]1C(N)=O. The Balaban J connectivity index is 1.12. The summed E-state index contributed by atoms with van der Waals surface area (Å²) < 4.78 is 41.9. The molecule has 6 rings (SSSR count). The van der Waals surface area contributed by atoms with E-state index in [9.17, 15) is 18.9 Å². The van der Waals surface area contributed by atoms with Crippen LogP contribution in [-0.2, 0) is 27.9 Å². The van der Waals surface area contributed by atoms with E-state index in [1.54, 1.807) is 7.11 Å². The van der Waals surface area contributed by atoms with Crippen LogP contribution >= 0.6 is 18.9 Å². The van der Waals surface area contributed by atoms with Crippen LogP contribution in [0.25, 0.3) is 22.3 Å². The van der Waals surface area contributed by atoms with Crippen LogP contribution in [0.2, 0.25) is 0 Å². The standard InChI is InChI=1S/C43H61N6O9PS/c1-6-55-59(53,56-7-2)39-21-28(39)15-11-9-8-10-12-18-33(48-43(52)58-29-16-13-14-17-29)41(51)49-25-31(23-37(49)40(44)50)57-38-24-35(36-26-60-42(47-36)45-27(3)4)46-34-22-30(54-5)19-20-32(34)38/h11,15,19-20,22,24,26-29,31,33,37,39H,6-10,12-14,16-18,21,23,25H2,1-5H3,(H2,44,50)(H,45,47)(H,48,52)/b15-11-/t28-,31-,33+,37+,39+/m1/s1. The van der Waals surface area contributed by atoms with Crippen LogP contribution < -0.4 is 25.8 Å². The van der Waals surface area contributed by atoms with E-state index in [1.165, 1.54) is 16.2 Å². The third kappa shape index (κ3) is 11.8. The van der Waals surface area contributed by atoms with E-state index in [4.69, 9.17) is 39.0 Å². The van der Waals surface area contributed by atoms with Gasteiger partial charge in [0.05, 0.1) is 43.7 Å². The molecule has 5 atom stereocenters. The van der Waals surface area contributed by atoms with Crippen molar-refractivity contribution < 1.29 is 42.2 Å². The molecule has 2 aliphatic carbocycles. The highest BCUT2D eigenvalue weighted by Crippen LogP contribution is 2.65. The normalized spacial score (nSPS) is 21.1. The van der Waals surface area contributed by atoms with E-state index in [2.05, 4.69) is 22.8 Å². The van der Waals surface area contributed by atoms with Gasteiger partial charge in [-0.15, -0.1) is 11.3 Å². The van der Waals surface area contributed by atoms with E-state index in [1.807, 2.05) is 57.3 Å². The van der Waals surface area contributed by atoms with Crippen molar-refractivity contribution in [2.45, 2.75) is 134 Å². The number of anilines is 1. The number of allylic oxidation sites excluding steroid dienone is 2. The van der Waals surface area contributed by atoms with Gasteiger partial charge in [-0.25, -0.2) is 14.8 Å². The number of benzene rings is 1. The maximum absolute atomic E-state index is 14.4. The summed E-state index contributed by atoms with van der Waals surface area (Å²) in [6, 6.07) is 5.70. The third-order valence-corrected chi connectivity index (χ3v) is 14.5. The lowest BCUT2D eigenvalue weighted by Gasteiger charge is -2.28. The van der Waals surface area contributed by atoms with Crippen LogP contribution in [0.5, 0.6) is 11.5 Å². The Morgan fingerprint density at radius 1 is 1.02 bits per heavy atom. The van der Waals surface area contributed by atoms with Crippen LogP contribution in [-0.4, -0.2) is 95.6 Å². The number of hydrogen-bond donors (Lipinski definition) is 3. The highest BCUT2D eigenvalue weighted by Gasteiger charge is 2.51. The van der Waals surface area contributed by atoms with E-state index < -0.39 is 43.7 Å². The lowest BCUT2D eigenvalue weighted by atomic mass is 10.0. The van der Waals surface area contributed by atoms with Crippen molar-refractivity contribution in [3.8, 4) is 22.9 Å². The van der Waals surface area contributed by atoms with Crippen molar-refractivity contribution in [1.29, 1.82) is 0 Å². The van der Waals surface area contributed by atoms with Gasteiger partial charge in [0.25, 0.3) is 0 Å². The molecule has 15 nitrogen and oxygen atoms in total. The lowest BCUT2D eigenvalue weighted by Crippen LogP contribution is -2.53. The molecule has 2 saturated carbocycles. The zero-order valence-corrected chi connectivity index (χ0v) is 37.1. The number of fused-ring (bicyclic) bond motifs is 1. The summed E-state index contributed by atoms with van der Waals surface area (Å²) in [4.78, 5) is 51.5. The minimum atomic E-state index is -3.10. The number of methoxy groups -OCH3 is 1. The minimum absolute atomic E-state index is 0.0865. The fraction of sp³-hybridized carbons (Fsp3) is 0.605. The molecule has 17 heteroatoms. The van der Waals surface area contributed by atoms with Gasteiger partial charge in [-0.2, -0.15) is 0 Å². The highest BCUT2D eigenvalue weighted by molar-refractivity contribution is 7.55. The molecule has 3 aromatic rings. The fourth-order valence-electron chi connectivity index (χ4n) is 8.02. The molecular formula is C43H61N6O9PS. The Morgan fingerprint density at radius 3 is 2.48 bits per heavy atom. The number of carbonyl (C=O) groups excluding carboxylic acids is 3. The van der Waals surface area contributed by atoms with Crippen molar-refractivity contribution in [3.05, 3.63) is 41.8 Å². The topological polar surface area (TPSA) is 194 Å². The van der Waals surface area contributed by atoms with E-state index in [0.29, 0.717) is 54.5 Å². The van der Waals surface area contributed by atoms with Gasteiger partial charge in [-0.3, -0.25) is 14.2 Å². The Kier molecular flexibility index (Phi) is 15.9. The summed E-state index contributed by atoms with van der Waals surface area (Å²) in [5.74, 6) is 0.275. The van der Waals surface area contributed by atoms with E-state index in [-0.39, 0.29) is 36.7 Å². The monoisotopic (exact) mass is 868 g/mol. The second-order valence-electron chi connectivity index (χ2n) is 16.0. The van der Waals surface area contributed by atoms with E-state index in [0.717, 1.165) is 61.9 Å². The van der Waals surface area contributed by atoms with Crippen LogP contribution in [0.1, 0.15) is 98.3 Å². The highest BCUT2D eigenvalue weighted by atomic mass is 32.1. The maximum atomic E-state index is 14.4. The lowest BCUT2D eigenvalue weighted by molar-refractivity contribution is -0.139. The van der Waals surface area contributed by atoms with Crippen molar-refractivity contribution in [2.24, 2.45) is 11.7 Å². The van der Waals surface area contributed by atoms with Crippen molar-refractivity contribution >= 4 is 52.9 Å². The van der Waals surface area contributed by atoms with Gasteiger partial charge in [-0.05, 0) is 97.1 Å². The number of unbranched alkanes of at least 4 members (excludes halogenated alkanes) is 3. The van der Waals surface area contributed by atoms with Gasteiger partial charge in [0.1, 0.15) is 41.5 Å². The molecule has 4 N–H and O–H groups in total. The molecule has 0 radical (unpaired) electrons. The number of aromatic nitrogens is 2. The van der Waals surface area contributed by atoms with Crippen LogP contribution in [0.15, 0.2) is 41.8 Å². The molecule has 1 saturated heterocycles. The van der Waals surface area contributed by atoms with Gasteiger partial charge in [0.15, 0.2) is 5.13 Å². The molecule has 1 aromatic carbocycles. The number of amides is 3. The number of primary amides is 1. The van der Waals surface area contributed by atoms with Gasteiger partial charge < -0.3 is 44.5 Å². The average molecular weight is 869 g/mol. The summed E-state index contributed by atoms with van der Waals surface area (Å²) >= 11 is 1.48. The van der Waals surface area contributed by atoms with Gasteiger partial charge in [0, 0.05) is 35.4 Å². The summed E-state index contributed by atoms with van der Waals surface area (Å²) in [6.07, 6.45) is 10.8. The van der Waals surface area contributed by atoms with Gasteiger partial charge in [0.2, 0.25) is 11.8 Å². The summed E-state index contributed by atoms with van der Waals surface area (Å²) in [5.41, 5.74) is 7.75. The quantitative estimate of drug-likeness (QED) is 0.0499. The number of nitrogens with zero attached hydrogens (tertiary/aromatic N) is 3. The maximum Gasteiger partial charge on any atom is 0.408 e. The molecule has 328 valence electrons. The molecule has 3 aliphatic rings. The zero-order chi connectivity index (χ0) is 42.8. The number of likely N-dealkylation sites (tertiary alicyclic amines) is 1. The number of nitrogens with one attached hydrogen (secondary N) is 2. The first-order valence-electron chi connectivity index (χ1n) is 21.4. The number of carbonyl (C=O) groups is 3. The first kappa shape index (κ1) is 45.3. The molecule has 2 aromatic heterocycles. The smallest absolute Gasteiger partial charge is 0.408 e. The fourth-order valence-corrected chi connectivity index (χ4v) is 11.1. The number of thiazole rings is 1. The predicted molar refractivity (Wildman–Crippen MR) is 233 cm³/mol. The third-order valence-electron chi connectivity index (χ3n) is 11.1. The predicted octanol–water partition coefficient (Wildman–Crippen LogP) is 8.22. The van der Waals surface area contributed by atoms with E-state index >= 15 is 0 Å². The Morgan fingerprint density at radius 2 is 1.78 bits per heavy atom. The zero-order valence-electron chi connectivity index (χ0n) is 35.4. The number of alkyl carbamates (subject to hydrolysis) is 1. The Hall–Kier alpha value is -4.24. The van der Waals surface area contributed by atoms with Crippen LogP contribution in [0, 0.1) is 5.92 Å². The van der Waals surface area contributed by atoms with Gasteiger partial charge >= 0.3 is 13.7 Å². The summed E-state index contributed by atoms with van der Waals surface area (Å²) in [5, 5.41) is 9.60. The second-order valence-corrected chi connectivity index (χ2v) is 19.1. The molecule has 3 amide bonds. The van der Waals surface area contributed by atoms with Crippen molar-refractivity contribution in [1.82, 2.24) is 20.2 Å². The summed E-state index contributed by atoms with van der Waals surface area (Å²) in [7, 11) is -1.50. The minimum Gasteiger partial charge on any atom is -0.497 e. The number of nitrogens with two attached hydrogens (primary N) is 1. The molecule has 0 unspecified atom stereocenters. The van der Waals surface area contributed by atoms with Gasteiger partial charge in [-0.1, -0.05) is 25.0 Å². The Bertz CT molecular complexity index is 2010. The molecule has 1 aliphatic heterocycles. The molecular weight excluding hydrogens is 808 g/mol. The van der Waals surface area contributed by atoms with Crippen molar-refractivity contribution in [3.63, 3.8) is 0 Å².